The molecule has 0 fully saturated rings. The van der Waals surface area contributed by atoms with Crippen molar-refractivity contribution in [1.82, 2.24) is 0 Å². The van der Waals surface area contributed by atoms with Crippen LogP contribution in [0.5, 0.6) is 0 Å². The van der Waals surface area contributed by atoms with Gasteiger partial charge in [-0.25, -0.2) is 8.78 Å². The fourth-order valence-electron chi connectivity index (χ4n) is 3.51. The molecule has 3 aromatic rings. The molecule has 0 bridgehead atoms. The molecule has 0 atom stereocenters. The smallest absolute Gasteiger partial charge is 0.134 e. The molecule has 0 unspecified atom stereocenters. The van der Waals surface area contributed by atoms with Crippen LogP contribution in [0.3, 0.4) is 0 Å². The Labute approximate surface area is 172 Å². The first kappa shape index (κ1) is 18.9. The van der Waals surface area contributed by atoms with Crippen LogP contribution in [0.1, 0.15) is 17.7 Å². The third-order valence-electron chi connectivity index (χ3n) is 4.91. The fraction of sp³-hybridized carbons (Fsp3) is 0.174. The van der Waals surface area contributed by atoms with Gasteiger partial charge in [-0.3, -0.25) is 0 Å². The molecule has 0 aliphatic heterocycles. The van der Waals surface area contributed by atoms with Gasteiger partial charge in [0.2, 0.25) is 0 Å². The van der Waals surface area contributed by atoms with Crippen LogP contribution in [0.4, 0.5) is 14.5 Å². The summed E-state index contributed by atoms with van der Waals surface area (Å²) in [6.07, 6.45) is 7.67. The van der Waals surface area contributed by atoms with E-state index in [-0.39, 0.29) is 5.56 Å². The van der Waals surface area contributed by atoms with Gasteiger partial charge in [-0.05, 0) is 84.9 Å². The van der Waals surface area contributed by atoms with Crippen molar-refractivity contribution >= 4 is 34.4 Å². The zero-order valence-electron chi connectivity index (χ0n) is 15.0. The molecule has 1 aliphatic rings. The summed E-state index contributed by atoms with van der Waals surface area (Å²) in [4.78, 5) is 5.99. The van der Waals surface area contributed by atoms with Gasteiger partial charge in [0.05, 0.1) is 16.4 Å². The summed E-state index contributed by atoms with van der Waals surface area (Å²) in [5.74, 6) is -0.500. The Bertz CT molecular complexity index is 1050. The highest BCUT2D eigenvalue weighted by molar-refractivity contribution is 7.78. The monoisotopic (exact) mass is 409 g/mol. The van der Waals surface area contributed by atoms with Crippen LogP contribution in [0.25, 0.3) is 21.6 Å². The Balaban J connectivity index is 1.60. The van der Waals surface area contributed by atoms with Crippen LogP contribution in [0, 0.1) is 17.6 Å². The number of rotatable bonds is 5. The summed E-state index contributed by atoms with van der Waals surface area (Å²) in [7, 11) is 0. The molecular formula is C23H17F2NS2. The Morgan fingerprint density at radius 2 is 1.64 bits per heavy atom. The van der Waals surface area contributed by atoms with Gasteiger partial charge in [-0.1, -0.05) is 24.3 Å². The molecule has 1 aliphatic carbocycles. The molecule has 1 aromatic heterocycles. The predicted octanol–water partition coefficient (Wildman–Crippen LogP) is 7.60. The van der Waals surface area contributed by atoms with Crippen LogP contribution in [0.2, 0.25) is 0 Å². The lowest BCUT2D eigenvalue weighted by molar-refractivity contribution is 0.572. The van der Waals surface area contributed by atoms with E-state index in [2.05, 4.69) is 40.6 Å². The van der Waals surface area contributed by atoms with Crippen LogP contribution in [-0.4, -0.2) is 5.16 Å². The van der Waals surface area contributed by atoms with Crippen LogP contribution in [-0.2, 0) is 6.42 Å². The van der Waals surface area contributed by atoms with Crippen LogP contribution < -0.4 is 0 Å². The van der Waals surface area contributed by atoms with Crippen molar-refractivity contribution in [2.24, 2.45) is 10.9 Å². The number of aliphatic imine (C=N–C) groups is 1. The van der Waals surface area contributed by atoms with E-state index in [0.29, 0.717) is 22.7 Å². The Kier molecular flexibility index (Phi) is 5.58. The molecule has 1 heterocycles. The van der Waals surface area contributed by atoms with E-state index >= 15 is 0 Å². The number of hydrogen-bond acceptors (Lipinski definition) is 3. The summed E-state index contributed by atoms with van der Waals surface area (Å²) in [5.41, 5.74) is 1.60. The average Bonchev–Trinajstić information content (AvgIpc) is 3.35. The molecule has 140 valence electrons. The molecule has 1 nitrogen and oxygen atoms in total. The molecule has 2 aromatic carbocycles. The van der Waals surface area contributed by atoms with E-state index in [1.807, 2.05) is 6.07 Å². The summed E-state index contributed by atoms with van der Waals surface area (Å²) >= 11 is 6.17. The third-order valence-corrected chi connectivity index (χ3v) is 6.16. The molecule has 28 heavy (non-hydrogen) atoms. The molecule has 0 radical (unpaired) electrons. The van der Waals surface area contributed by atoms with Gasteiger partial charge in [0, 0.05) is 9.75 Å². The van der Waals surface area contributed by atoms with E-state index in [1.165, 1.54) is 17.0 Å². The van der Waals surface area contributed by atoms with Crippen molar-refractivity contribution in [3.63, 3.8) is 0 Å². The maximum atomic E-state index is 14.8. The summed E-state index contributed by atoms with van der Waals surface area (Å²) in [6, 6.07) is 13.4. The van der Waals surface area contributed by atoms with Gasteiger partial charge in [-0.2, -0.15) is 4.99 Å². The SMILES string of the molecule is Fc1cc(-c2ccc(CC3CC=CC3)s2)cc(F)c1-c1ccc(N=C=S)cc1. The maximum absolute atomic E-state index is 14.8. The molecule has 4 rings (SSSR count). The highest BCUT2D eigenvalue weighted by atomic mass is 32.1. The van der Waals surface area contributed by atoms with Crippen molar-refractivity contribution in [1.29, 1.82) is 0 Å². The molecule has 0 spiro atoms. The summed E-state index contributed by atoms with van der Waals surface area (Å²) in [5, 5.41) is 2.27. The van der Waals surface area contributed by atoms with E-state index in [0.717, 1.165) is 24.1 Å². The number of isothiocyanates is 1. The van der Waals surface area contributed by atoms with E-state index in [4.69, 9.17) is 0 Å². The van der Waals surface area contributed by atoms with Gasteiger partial charge in [0.15, 0.2) is 0 Å². The molecular weight excluding hydrogens is 392 g/mol. The lowest BCUT2D eigenvalue weighted by atomic mass is 10.0. The van der Waals surface area contributed by atoms with E-state index < -0.39 is 11.6 Å². The highest BCUT2D eigenvalue weighted by Crippen LogP contribution is 2.36. The summed E-state index contributed by atoms with van der Waals surface area (Å²) in [6.45, 7) is 0. The minimum atomic E-state index is -0.573. The molecule has 0 amide bonds. The fourth-order valence-corrected chi connectivity index (χ4v) is 4.73. The number of hydrogen-bond donors (Lipinski definition) is 0. The Morgan fingerprint density at radius 3 is 2.29 bits per heavy atom. The zero-order chi connectivity index (χ0) is 19.5. The standard InChI is InChI=1S/C23H17F2NS2/c24-20-12-17(22-10-9-19(28-22)11-15-3-1-2-4-15)13-21(25)23(20)16-5-7-18(8-6-16)26-14-27/h1-2,5-10,12-13,15H,3-4,11H2. The first-order chi connectivity index (χ1) is 13.6. The van der Waals surface area contributed by atoms with E-state index in [9.17, 15) is 8.78 Å². The molecule has 5 heteroatoms. The van der Waals surface area contributed by atoms with Gasteiger partial charge < -0.3 is 0 Å². The van der Waals surface area contributed by atoms with Crippen LogP contribution in [0.15, 0.2) is 65.7 Å². The highest BCUT2D eigenvalue weighted by Gasteiger charge is 2.16. The largest absolute Gasteiger partial charge is 0.206 e. The normalized spacial score (nSPS) is 13.6. The van der Waals surface area contributed by atoms with Crippen molar-refractivity contribution in [2.45, 2.75) is 19.3 Å². The van der Waals surface area contributed by atoms with Gasteiger partial charge in [0.25, 0.3) is 0 Å². The van der Waals surface area contributed by atoms with Crippen molar-refractivity contribution in [2.75, 3.05) is 0 Å². The summed E-state index contributed by atoms with van der Waals surface area (Å²) < 4.78 is 29.5. The first-order valence-corrected chi connectivity index (χ1v) is 10.3. The lowest BCUT2D eigenvalue weighted by Crippen LogP contribution is -1.96. The quantitative estimate of drug-likeness (QED) is 0.240. The number of halogens is 2. The van der Waals surface area contributed by atoms with Gasteiger partial charge >= 0.3 is 0 Å². The number of nitrogens with zero attached hydrogens (tertiary/aromatic N) is 1. The molecule has 0 saturated heterocycles. The first-order valence-electron chi connectivity index (χ1n) is 9.05. The number of benzene rings is 2. The number of thiocarbonyl (C=S) groups is 1. The topological polar surface area (TPSA) is 12.4 Å². The van der Waals surface area contributed by atoms with Gasteiger partial charge in [-0.15, -0.1) is 11.3 Å². The van der Waals surface area contributed by atoms with Crippen LogP contribution >= 0.6 is 23.6 Å². The second kappa shape index (κ2) is 8.27. The minimum absolute atomic E-state index is 0.0320. The third kappa shape index (κ3) is 4.02. The lowest BCUT2D eigenvalue weighted by Gasteiger charge is -2.08. The van der Waals surface area contributed by atoms with Crippen molar-refractivity contribution in [3.05, 3.63) is 77.2 Å². The number of thiophene rings is 1. The number of allylic oxidation sites excluding steroid dienone is 2. The molecule has 0 saturated carbocycles. The van der Waals surface area contributed by atoms with E-state index in [1.54, 1.807) is 35.6 Å². The second-order valence-corrected chi connectivity index (χ2v) is 8.19. The zero-order valence-corrected chi connectivity index (χ0v) is 16.6. The predicted molar refractivity (Wildman–Crippen MR) is 115 cm³/mol. The van der Waals surface area contributed by atoms with Crippen molar-refractivity contribution in [3.8, 4) is 21.6 Å². The maximum Gasteiger partial charge on any atom is 0.134 e. The second-order valence-electron chi connectivity index (χ2n) is 6.84. The Morgan fingerprint density at radius 1 is 0.964 bits per heavy atom. The van der Waals surface area contributed by atoms with Crippen molar-refractivity contribution < 1.29 is 8.78 Å². The average molecular weight is 410 g/mol. The minimum Gasteiger partial charge on any atom is -0.206 e. The van der Waals surface area contributed by atoms with Gasteiger partial charge in [0.1, 0.15) is 11.6 Å². The molecule has 0 N–H and O–H groups in total. The Hall–Kier alpha value is -2.46.